The third-order valence-corrected chi connectivity index (χ3v) is 4.59. The highest BCUT2D eigenvalue weighted by molar-refractivity contribution is 5.54. The van der Waals surface area contributed by atoms with Gasteiger partial charge in [0, 0.05) is 19.3 Å². The van der Waals surface area contributed by atoms with Crippen LogP contribution in [-0.2, 0) is 9.47 Å². The van der Waals surface area contributed by atoms with Crippen molar-refractivity contribution >= 4 is 11.8 Å². The van der Waals surface area contributed by atoms with E-state index in [-0.39, 0.29) is 6.04 Å². The van der Waals surface area contributed by atoms with Gasteiger partial charge in [0.2, 0.25) is 5.95 Å². The third kappa shape index (κ3) is 4.34. The lowest BCUT2D eigenvalue weighted by atomic mass is 9.93. The lowest BCUT2D eigenvalue weighted by molar-refractivity contribution is 0.0346. The molecule has 1 aromatic heterocycles. The van der Waals surface area contributed by atoms with Gasteiger partial charge >= 0.3 is 0 Å². The van der Waals surface area contributed by atoms with E-state index < -0.39 is 0 Å². The molecule has 1 aliphatic carbocycles. The van der Waals surface area contributed by atoms with Crippen molar-refractivity contribution in [2.45, 2.75) is 57.2 Å². The summed E-state index contributed by atoms with van der Waals surface area (Å²) in [4.78, 5) is 8.80. The van der Waals surface area contributed by atoms with Gasteiger partial charge in [-0.15, -0.1) is 0 Å². The molecule has 0 bridgehead atoms. The molecule has 2 fully saturated rings. The zero-order valence-electron chi connectivity index (χ0n) is 14.1. The lowest BCUT2D eigenvalue weighted by Gasteiger charge is -2.29. The predicted octanol–water partition coefficient (Wildman–Crippen LogP) is 2.31. The summed E-state index contributed by atoms with van der Waals surface area (Å²) in [5.41, 5.74) is 0.465. The van der Waals surface area contributed by atoms with Crippen molar-refractivity contribution < 1.29 is 9.47 Å². The van der Waals surface area contributed by atoms with Crippen LogP contribution in [0.5, 0.6) is 0 Å². The van der Waals surface area contributed by atoms with Gasteiger partial charge in [-0.1, -0.05) is 0 Å². The molecule has 1 aliphatic heterocycles. The number of ether oxygens (including phenoxy) is 2. The van der Waals surface area contributed by atoms with E-state index in [1.54, 1.807) is 6.20 Å². The molecule has 1 aromatic rings. The Hall–Kier alpha value is -1.91. The van der Waals surface area contributed by atoms with Gasteiger partial charge in [0.05, 0.1) is 24.9 Å². The van der Waals surface area contributed by atoms with E-state index in [0.29, 0.717) is 36.1 Å². The first-order chi connectivity index (χ1) is 11.8. The van der Waals surface area contributed by atoms with Crippen LogP contribution in [0, 0.1) is 11.3 Å². The van der Waals surface area contributed by atoms with Crippen LogP contribution < -0.4 is 10.6 Å². The predicted molar refractivity (Wildman–Crippen MR) is 90.9 cm³/mol. The summed E-state index contributed by atoms with van der Waals surface area (Å²) in [6, 6.07) is 2.72. The molecule has 3 rings (SSSR count). The molecule has 24 heavy (non-hydrogen) atoms. The summed E-state index contributed by atoms with van der Waals surface area (Å²) in [6.45, 7) is 4.22. The van der Waals surface area contributed by atoms with Gasteiger partial charge in [-0.05, 0) is 39.0 Å². The maximum Gasteiger partial charge on any atom is 0.224 e. The number of nitrogens with zero attached hydrogens (tertiary/aromatic N) is 3. The van der Waals surface area contributed by atoms with Gasteiger partial charge in [0.25, 0.3) is 0 Å². The maximum absolute atomic E-state index is 9.25. The molecule has 0 unspecified atom stereocenters. The number of nitriles is 1. The van der Waals surface area contributed by atoms with Crippen LogP contribution in [0.3, 0.4) is 0 Å². The Morgan fingerprint density at radius 1 is 1.25 bits per heavy atom. The van der Waals surface area contributed by atoms with Crippen molar-refractivity contribution in [1.82, 2.24) is 9.97 Å². The van der Waals surface area contributed by atoms with Crippen LogP contribution in [0.15, 0.2) is 6.20 Å². The average molecular weight is 331 g/mol. The summed E-state index contributed by atoms with van der Waals surface area (Å²) in [5.74, 6) is 1.17. The number of hydrogen-bond acceptors (Lipinski definition) is 7. The van der Waals surface area contributed by atoms with E-state index in [1.165, 1.54) is 0 Å². The van der Waals surface area contributed by atoms with Crippen LogP contribution in [0.1, 0.15) is 44.6 Å². The molecule has 2 N–H and O–H groups in total. The normalized spacial score (nSPS) is 26.8. The van der Waals surface area contributed by atoms with Crippen molar-refractivity contribution in [1.29, 1.82) is 5.26 Å². The standard InChI is InChI=1S/C17H25N5O2/c1-2-24-15-5-3-13(4-6-15)21-17-19-10-12(9-18)16(22-17)20-14-7-8-23-11-14/h10,13-15H,2-8,11H2,1H3,(H2,19,20,21,22)/t13?,14-,15?/m1/s1. The van der Waals surface area contributed by atoms with E-state index >= 15 is 0 Å². The average Bonchev–Trinajstić information content (AvgIpc) is 3.10. The van der Waals surface area contributed by atoms with E-state index in [1.807, 2.05) is 6.92 Å². The van der Waals surface area contributed by atoms with E-state index in [0.717, 1.165) is 45.3 Å². The molecule has 0 spiro atoms. The quantitative estimate of drug-likeness (QED) is 0.826. The second-order valence-electron chi connectivity index (χ2n) is 6.35. The number of anilines is 2. The Morgan fingerprint density at radius 3 is 2.75 bits per heavy atom. The Labute approximate surface area is 142 Å². The number of aromatic nitrogens is 2. The van der Waals surface area contributed by atoms with Crippen molar-refractivity contribution in [3.8, 4) is 6.07 Å². The highest BCUT2D eigenvalue weighted by Crippen LogP contribution is 2.24. The Morgan fingerprint density at radius 2 is 2.08 bits per heavy atom. The first-order valence-electron chi connectivity index (χ1n) is 8.78. The first kappa shape index (κ1) is 16.9. The molecule has 7 nitrogen and oxygen atoms in total. The Balaban J connectivity index is 1.60. The molecule has 2 aliphatic rings. The number of rotatable bonds is 6. The third-order valence-electron chi connectivity index (χ3n) is 4.59. The minimum absolute atomic E-state index is 0.210. The second kappa shape index (κ2) is 8.27. The smallest absolute Gasteiger partial charge is 0.224 e. The summed E-state index contributed by atoms with van der Waals surface area (Å²) in [6.07, 6.45) is 7.12. The SMILES string of the molecule is CCOC1CCC(Nc2ncc(C#N)c(N[C@@H]3CCOC3)n2)CC1. The summed E-state index contributed by atoms with van der Waals surface area (Å²) in [7, 11) is 0. The fraction of sp³-hybridized carbons (Fsp3) is 0.706. The summed E-state index contributed by atoms with van der Waals surface area (Å²) >= 11 is 0. The van der Waals surface area contributed by atoms with Gasteiger partial charge in [-0.2, -0.15) is 10.2 Å². The van der Waals surface area contributed by atoms with Crippen LogP contribution in [0.4, 0.5) is 11.8 Å². The van der Waals surface area contributed by atoms with Gasteiger partial charge in [-0.3, -0.25) is 0 Å². The molecule has 7 heteroatoms. The van der Waals surface area contributed by atoms with Crippen LogP contribution >= 0.6 is 0 Å². The van der Waals surface area contributed by atoms with Crippen molar-refractivity contribution in [2.24, 2.45) is 0 Å². The molecular weight excluding hydrogens is 306 g/mol. The highest BCUT2D eigenvalue weighted by Gasteiger charge is 2.23. The summed E-state index contributed by atoms with van der Waals surface area (Å²) < 4.78 is 11.1. The van der Waals surface area contributed by atoms with Gasteiger partial charge in [-0.25, -0.2) is 4.98 Å². The molecule has 1 saturated heterocycles. The van der Waals surface area contributed by atoms with Crippen LogP contribution in [0.2, 0.25) is 0 Å². The Kier molecular flexibility index (Phi) is 5.83. The maximum atomic E-state index is 9.25. The zero-order valence-corrected chi connectivity index (χ0v) is 14.1. The van der Waals surface area contributed by atoms with Gasteiger partial charge in [0.1, 0.15) is 17.5 Å². The largest absolute Gasteiger partial charge is 0.379 e. The molecule has 2 heterocycles. The molecule has 1 saturated carbocycles. The Bertz CT molecular complexity index is 575. The molecule has 1 atom stereocenters. The van der Waals surface area contributed by atoms with E-state index in [4.69, 9.17) is 9.47 Å². The topological polar surface area (TPSA) is 92.1 Å². The van der Waals surface area contributed by atoms with Crippen LogP contribution in [-0.4, -0.2) is 48.0 Å². The summed E-state index contributed by atoms with van der Waals surface area (Å²) in [5, 5.41) is 16.0. The lowest BCUT2D eigenvalue weighted by Crippen LogP contribution is -2.30. The van der Waals surface area contributed by atoms with Crippen LogP contribution in [0.25, 0.3) is 0 Å². The molecular formula is C17H25N5O2. The van der Waals surface area contributed by atoms with E-state index in [2.05, 4.69) is 26.7 Å². The minimum Gasteiger partial charge on any atom is -0.379 e. The number of nitrogens with one attached hydrogen (secondary N) is 2. The molecule has 130 valence electrons. The molecule has 0 radical (unpaired) electrons. The fourth-order valence-corrected chi connectivity index (χ4v) is 3.28. The zero-order chi connectivity index (χ0) is 16.8. The van der Waals surface area contributed by atoms with E-state index in [9.17, 15) is 5.26 Å². The van der Waals surface area contributed by atoms with Gasteiger partial charge in [0.15, 0.2) is 0 Å². The second-order valence-corrected chi connectivity index (χ2v) is 6.35. The van der Waals surface area contributed by atoms with Crippen molar-refractivity contribution in [2.75, 3.05) is 30.5 Å². The molecule has 0 aromatic carbocycles. The van der Waals surface area contributed by atoms with Crippen molar-refractivity contribution in [3.63, 3.8) is 0 Å². The monoisotopic (exact) mass is 331 g/mol. The molecule has 0 amide bonds. The first-order valence-corrected chi connectivity index (χ1v) is 8.78. The van der Waals surface area contributed by atoms with Crippen molar-refractivity contribution in [3.05, 3.63) is 11.8 Å². The minimum atomic E-state index is 0.210. The number of hydrogen-bond donors (Lipinski definition) is 2. The highest BCUT2D eigenvalue weighted by atomic mass is 16.5. The fourth-order valence-electron chi connectivity index (χ4n) is 3.28. The van der Waals surface area contributed by atoms with Gasteiger partial charge < -0.3 is 20.1 Å².